The van der Waals surface area contributed by atoms with Crippen LogP contribution in [0.5, 0.6) is 0 Å². The van der Waals surface area contributed by atoms with Gasteiger partial charge >= 0.3 is 0 Å². The molecule has 0 N–H and O–H groups in total. The van der Waals surface area contributed by atoms with Gasteiger partial charge in [0.15, 0.2) is 0 Å². The molecule has 0 saturated carbocycles. The van der Waals surface area contributed by atoms with Crippen LogP contribution in [-0.4, -0.2) is 4.57 Å². The third kappa shape index (κ3) is 6.32. The number of anilines is 3. The minimum absolute atomic E-state index is 1.08. The van der Waals surface area contributed by atoms with Crippen molar-refractivity contribution in [1.82, 2.24) is 4.57 Å². The van der Waals surface area contributed by atoms with Crippen molar-refractivity contribution in [3.8, 4) is 50.2 Å². The summed E-state index contributed by atoms with van der Waals surface area (Å²) in [5, 5.41) is 5.01. The average Bonchev–Trinajstić information content (AvgIpc) is 3.67. The van der Waals surface area contributed by atoms with E-state index < -0.39 is 0 Å². The number of hydrogen-bond donors (Lipinski definition) is 0. The fraction of sp³-hybridized carbons (Fsp3) is 0. The smallest absolute Gasteiger partial charge is 0.0541 e. The van der Waals surface area contributed by atoms with Crippen LogP contribution in [-0.2, 0) is 0 Å². The molecule has 0 atom stereocenters. The molecule has 0 spiro atoms. The van der Waals surface area contributed by atoms with Crippen molar-refractivity contribution >= 4 is 49.6 Å². The van der Waals surface area contributed by atoms with Gasteiger partial charge in [-0.25, -0.2) is 0 Å². The van der Waals surface area contributed by atoms with Crippen LogP contribution >= 0.6 is 0 Å². The first kappa shape index (κ1) is 35.2. The van der Waals surface area contributed by atoms with E-state index in [1.165, 1.54) is 54.8 Å². The fourth-order valence-electron chi connectivity index (χ4n) is 8.90. The fourth-order valence-corrected chi connectivity index (χ4v) is 8.90. The Bertz CT molecular complexity index is 3250. The van der Waals surface area contributed by atoms with Gasteiger partial charge in [-0.3, -0.25) is 0 Å². The lowest BCUT2D eigenvalue weighted by Gasteiger charge is -2.30. The topological polar surface area (TPSA) is 8.17 Å². The molecule has 1 aromatic heterocycles. The first-order chi connectivity index (χ1) is 29.8. The molecule has 0 bridgehead atoms. The summed E-state index contributed by atoms with van der Waals surface area (Å²) in [6.45, 7) is 0. The number of aromatic nitrogens is 1. The molecule has 60 heavy (non-hydrogen) atoms. The van der Waals surface area contributed by atoms with Crippen LogP contribution in [0.4, 0.5) is 17.1 Å². The van der Waals surface area contributed by atoms with Gasteiger partial charge in [-0.1, -0.05) is 182 Å². The van der Waals surface area contributed by atoms with Crippen molar-refractivity contribution < 1.29 is 0 Å². The summed E-state index contributed by atoms with van der Waals surface area (Å²) < 4.78 is 2.39. The molecule has 0 saturated heterocycles. The summed E-state index contributed by atoms with van der Waals surface area (Å²) in [5.74, 6) is 0. The monoisotopic (exact) mass is 764 g/mol. The first-order valence-corrected chi connectivity index (χ1v) is 20.6. The predicted molar refractivity (Wildman–Crippen MR) is 255 cm³/mol. The second-order valence-corrected chi connectivity index (χ2v) is 15.3. The van der Waals surface area contributed by atoms with E-state index in [-0.39, 0.29) is 0 Å². The van der Waals surface area contributed by atoms with Crippen LogP contribution in [0.2, 0.25) is 0 Å². The van der Waals surface area contributed by atoms with Crippen molar-refractivity contribution in [1.29, 1.82) is 0 Å². The summed E-state index contributed by atoms with van der Waals surface area (Å²) in [6, 6.07) is 88.0. The van der Waals surface area contributed by atoms with Crippen molar-refractivity contribution in [3.05, 3.63) is 243 Å². The van der Waals surface area contributed by atoms with Crippen LogP contribution in [0.15, 0.2) is 243 Å². The van der Waals surface area contributed by atoms with Gasteiger partial charge in [-0.05, 0) is 105 Å². The summed E-state index contributed by atoms with van der Waals surface area (Å²) >= 11 is 0. The Morgan fingerprint density at radius 3 is 1.53 bits per heavy atom. The Morgan fingerprint density at radius 2 is 0.800 bits per heavy atom. The molecule has 282 valence electrons. The molecule has 0 aliphatic rings. The molecular formula is C58H40N2. The van der Waals surface area contributed by atoms with E-state index in [1.54, 1.807) is 0 Å². The molecule has 11 rings (SSSR count). The molecule has 0 aliphatic heterocycles. The Kier molecular flexibility index (Phi) is 8.87. The van der Waals surface area contributed by atoms with E-state index in [0.29, 0.717) is 0 Å². The van der Waals surface area contributed by atoms with E-state index in [2.05, 4.69) is 252 Å². The van der Waals surface area contributed by atoms with Gasteiger partial charge in [-0.15, -0.1) is 0 Å². The highest BCUT2D eigenvalue weighted by Gasteiger charge is 2.22. The summed E-state index contributed by atoms with van der Waals surface area (Å²) in [5.41, 5.74) is 16.2. The Balaban J connectivity index is 1.08. The molecule has 0 aliphatic carbocycles. The standard InChI is InChI=1S/C58H40N2/c1-3-17-43(18-4-1)51-24-9-12-27-55(51)59(49-35-32-42(33-36-49)47-31-30-41-16-7-8-21-45(41)38-47)58-37-34-48(40-54(58)44-19-5-2-6-20-44)46-22-15-23-50(39-46)60-56-28-13-10-25-52(56)53-26-11-14-29-57(53)60/h1-40H. The van der Waals surface area contributed by atoms with E-state index >= 15 is 0 Å². The molecule has 10 aromatic carbocycles. The highest BCUT2D eigenvalue weighted by Crippen LogP contribution is 2.46. The summed E-state index contributed by atoms with van der Waals surface area (Å²) in [4.78, 5) is 2.44. The highest BCUT2D eigenvalue weighted by molar-refractivity contribution is 6.09. The van der Waals surface area contributed by atoms with Gasteiger partial charge in [0.05, 0.1) is 22.4 Å². The molecule has 0 amide bonds. The maximum absolute atomic E-state index is 2.44. The highest BCUT2D eigenvalue weighted by atomic mass is 15.1. The largest absolute Gasteiger partial charge is 0.309 e. The summed E-state index contributed by atoms with van der Waals surface area (Å²) in [6.07, 6.45) is 0. The molecule has 11 aromatic rings. The average molecular weight is 765 g/mol. The third-order valence-electron chi connectivity index (χ3n) is 11.8. The van der Waals surface area contributed by atoms with Gasteiger partial charge in [0.25, 0.3) is 0 Å². The number of hydrogen-bond acceptors (Lipinski definition) is 1. The Labute approximate surface area is 350 Å². The number of nitrogens with zero attached hydrogens (tertiary/aromatic N) is 2. The van der Waals surface area contributed by atoms with E-state index in [0.717, 1.165) is 45.0 Å². The van der Waals surface area contributed by atoms with E-state index in [9.17, 15) is 0 Å². The van der Waals surface area contributed by atoms with Crippen LogP contribution in [0.3, 0.4) is 0 Å². The number of fused-ring (bicyclic) bond motifs is 4. The second kappa shape index (κ2) is 15.1. The van der Waals surface area contributed by atoms with Crippen LogP contribution in [0, 0.1) is 0 Å². The van der Waals surface area contributed by atoms with Crippen molar-refractivity contribution in [2.75, 3.05) is 4.90 Å². The molecule has 2 nitrogen and oxygen atoms in total. The first-order valence-electron chi connectivity index (χ1n) is 20.6. The Hall–Kier alpha value is -7.94. The molecular weight excluding hydrogens is 725 g/mol. The molecule has 2 heteroatoms. The van der Waals surface area contributed by atoms with Gasteiger partial charge in [0.1, 0.15) is 0 Å². The predicted octanol–water partition coefficient (Wildman–Crippen LogP) is 16.1. The zero-order valence-electron chi connectivity index (χ0n) is 33.0. The maximum Gasteiger partial charge on any atom is 0.0541 e. The lowest BCUT2D eigenvalue weighted by molar-refractivity contribution is 1.18. The lowest BCUT2D eigenvalue weighted by Crippen LogP contribution is -2.12. The minimum Gasteiger partial charge on any atom is -0.309 e. The normalized spacial score (nSPS) is 11.3. The summed E-state index contributed by atoms with van der Waals surface area (Å²) in [7, 11) is 0. The van der Waals surface area contributed by atoms with Gasteiger partial charge in [-0.2, -0.15) is 0 Å². The van der Waals surface area contributed by atoms with Crippen LogP contribution in [0.1, 0.15) is 0 Å². The zero-order chi connectivity index (χ0) is 39.8. The number of rotatable bonds is 8. The van der Waals surface area contributed by atoms with Crippen molar-refractivity contribution in [2.45, 2.75) is 0 Å². The van der Waals surface area contributed by atoms with Gasteiger partial charge in [0, 0.05) is 33.3 Å². The second-order valence-electron chi connectivity index (χ2n) is 15.3. The van der Waals surface area contributed by atoms with Gasteiger partial charge < -0.3 is 9.47 Å². The van der Waals surface area contributed by atoms with E-state index in [1.807, 2.05) is 0 Å². The SMILES string of the molecule is c1ccc(-c2ccccc2N(c2ccc(-c3ccc4ccccc4c3)cc2)c2ccc(-c3cccc(-n4c5ccccc5c5ccccc54)c3)cc2-c2ccccc2)cc1. The lowest BCUT2D eigenvalue weighted by atomic mass is 9.95. The van der Waals surface area contributed by atoms with Crippen molar-refractivity contribution in [3.63, 3.8) is 0 Å². The molecule has 0 unspecified atom stereocenters. The third-order valence-corrected chi connectivity index (χ3v) is 11.8. The quantitative estimate of drug-likeness (QED) is 0.150. The number of para-hydroxylation sites is 3. The van der Waals surface area contributed by atoms with Crippen LogP contribution in [0.25, 0.3) is 82.8 Å². The molecule has 1 heterocycles. The van der Waals surface area contributed by atoms with E-state index in [4.69, 9.17) is 0 Å². The number of benzene rings is 10. The van der Waals surface area contributed by atoms with Crippen molar-refractivity contribution in [2.24, 2.45) is 0 Å². The maximum atomic E-state index is 2.44. The zero-order valence-corrected chi connectivity index (χ0v) is 33.0. The molecule has 0 fully saturated rings. The van der Waals surface area contributed by atoms with Crippen LogP contribution < -0.4 is 4.90 Å². The molecule has 0 radical (unpaired) electrons. The minimum atomic E-state index is 1.08. The Morgan fingerprint density at radius 1 is 0.283 bits per heavy atom. The van der Waals surface area contributed by atoms with Gasteiger partial charge in [0.2, 0.25) is 0 Å².